The Bertz CT molecular complexity index is 736. The number of carbonyl (C=O) groups is 1. The first kappa shape index (κ1) is 22.0. The van der Waals surface area contributed by atoms with Crippen LogP contribution in [-0.2, 0) is 12.8 Å². The van der Waals surface area contributed by atoms with Gasteiger partial charge in [0.1, 0.15) is 5.75 Å². The maximum absolute atomic E-state index is 11.2. The summed E-state index contributed by atoms with van der Waals surface area (Å²) in [6, 6.07) is 14.1. The number of unbranched alkanes of at least 4 members (excludes halogenated alkanes) is 7. The molecule has 0 aliphatic heterocycles. The molecule has 0 saturated heterocycles. The molecule has 2 rings (SSSR count). The molecule has 0 bridgehead atoms. The summed E-state index contributed by atoms with van der Waals surface area (Å²) in [5.74, 6) is 0.471. The van der Waals surface area contributed by atoms with Gasteiger partial charge in [-0.1, -0.05) is 95.2 Å². The molecule has 0 aliphatic carbocycles. The highest BCUT2D eigenvalue weighted by Gasteiger charge is 2.15. The van der Waals surface area contributed by atoms with Crippen molar-refractivity contribution in [3.8, 4) is 16.9 Å². The minimum Gasteiger partial charge on any atom is -0.449 e. The van der Waals surface area contributed by atoms with Gasteiger partial charge in [0, 0.05) is 5.56 Å². The first-order chi connectivity index (χ1) is 13.7. The van der Waals surface area contributed by atoms with Gasteiger partial charge in [-0.2, -0.15) is 0 Å². The lowest BCUT2D eigenvalue weighted by Gasteiger charge is -2.16. The van der Waals surface area contributed by atoms with Gasteiger partial charge in [-0.05, 0) is 42.0 Å². The van der Waals surface area contributed by atoms with Crippen molar-refractivity contribution in [2.45, 2.75) is 78.1 Å². The molecule has 0 aliphatic rings. The average Bonchev–Trinajstić information content (AvgIpc) is 2.70. The summed E-state index contributed by atoms with van der Waals surface area (Å²) >= 11 is 0. The maximum atomic E-state index is 11.2. The lowest BCUT2D eigenvalue weighted by atomic mass is 9.91. The van der Waals surface area contributed by atoms with E-state index in [0.717, 1.165) is 30.4 Å². The Morgan fingerprint density at radius 3 is 2.14 bits per heavy atom. The van der Waals surface area contributed by atoms with Gasteiger partial charge < -0.3 is 9.84 Å². The number of aryl methyl sites for hydroxylation is 1. The standard InChI is InChI=1S/C25H34O3/c1-3-5-6-7-8-9-10-11-17-23-22(18-14-19-24(23)28-25(26)27)21-16-13-12-15-20(21)4-2/h12-16,18-19H,3-11,17H2,1-2H3,(H,26,27). The maximum Gasteiger partial charge on any atom is 0.511 e. The normalized spacial score (nSPS) is 10.8. The van der Waals surface area contributed by atoms with Crippen LogP contribution in [0.25, 0.3) is 11.1 Å². The van der Waals surface area contributed by atoms with Crippen LogP contribution in [0.4, 0.5) is 4.79 Å². The largest absolute Gasteiger partial charge is 0.511 e. The van der Waals surface area contributed by atoms with Gasteiger partial charge >= 0.3 is 6.16 Å². The van der Waals surface area contributed by atoms with Crippen LogP contribution in [0.1, 0.15) is 76.3 Å². The smallest absolute Gasteiger partial charge is 0.449 e. The topological polar surface area (TPSA) is 46.5 Å². The molecule has 3 heteroatoms. The molecule has 0 atom stereocenters. The Hall–Kier alpha value is -2.29. The van der Waals surface area contributed by atoms with E-state index in [1.165, 1.54) is 56.1 Å². The monoisotopic (exact) mass is 382 g/mol. The van der Waals surface area contributed by atoms with Crippen LogP contribution in [0.15, 0.2) is 42.5 Å². The van der Waals surface area contributed by atoms with Crippen LogP contribution in [0.2, 0.25) is 0 Å². The molecule has 0 amide bonds. The van der Waals surface area contributed by atoms with E-state index in [9.17, 15) is 4.79 Å². The lowest BCUT2D eigenvalue weighted by molar-refractivity contribution is 0.144. The minimum atomic E-state index is -1.25. The molecule has 28 heavy (non-hydrogen) atoms. The summed E-state index contributed by atoms with van der Waals surface area (Å²) < 4.78 is 5.12. The number of hydrogen-bond acceptors (Lipinski definition) is 2. The van der Waals surface area contributed by atoms with Gasteiger partial charge in [-0.15, -0.1) is 0 Å². The Morgan fingerprint density at radius 1 is 0.821 bits per heavy atom. The van der Waals surface area contributed by atoms with E-state index in [0.29, 0.717) is 5.75 Å². The van der Waals surface area contributed by atoms with E-state index in [1.807, 2.05) is 12.1 Å². The van der Waals surface area contributed by atoms with Crippen molar-refractivity contribution in [3.63, 3.8) is 0 Å². The van der Waals surface area contributed by atoms with Crippen LogP contribution in [-0.4, -0.2) is 11.3 Å². The van der Waals surface area contributed by atoms with E-state index >= 15 is 0 Å². The van der Waals surface area contributed by atoms with Crippen LogP contribution in [0.3, 0.4) is 0 Å². The molecule has 152 valence electrons. The van der Waals surface area contributed by atoms with Crippen LogP contribution in [0, 0.1) is 0 Å². The molecule has 3 nitrogen and oxygen atoms in total. The predicted molar refractivity (Wildman–Crippen MR) is 116 cm³/mol. The van der Waals surface area contributed by atoms with Crippen LogP contribution in [0.5, 0.6) is 5.75 Å². The zero-order chi connectivity index (χ0) is 20.2. The van der Waals surface area contributed by atoms with E-state index in [2.05, 4.69) is 38.1 Å². The Balaban J connectivity index is 2.12. The van der Waals surface area contributed by atoms with Crippen molar-refractivity contribution in [2.24, 2.45) is 0 Å². The predicted octanol–water partition coefficient (Wildman–Crippen LogP) is 7.66. The fraction of sp³-hybridized carbons (Fsp3) is 0.480. The third kappa shape index (κ3) is 6.70. The Labute approximate surface area is 169 Å². The molecule has 0 heterocycles. The molecule has 0 radical (unpaired) electrons. The number of hydrogen-bond donors (Lipinski definition) is 1. The molecule has 1 N–H and O–H groups in total. The second-order valence-corrected chi connectivity index (χ2v) is 7.39. The minimum absolute atomic E-state index is 0.471. The quantitative estimate of drug-likeness (QED) is 0.233. The molecule has 2 aromatic carbocycles. The molecule has 0 fully saturated rings. The summed E-state index contributed by atoms with van der Waals surface area (Å²) in [5, 5.41) is 9.14. The van der Waals surface area contributed by atoms with Gasteiger partial charge in [-0.25, -0.2) is 4.79 Å². The van der Waals surface area contributed by atoms with Gasteiger partial charge in [-0.3, -0.25) is 0 Å². The SMILES string of the molecule is CCCCCCCCCCc1c(OC(=O)O)cccc1-c1ccccc1CC. The first-order valence-electron chi connectivity index (χ1n) is 10.8. The zero-order valence-electron chi connectivity index (χ0n) is 17.4. The second-order valence-electron chi connectivity index (χ2n) is 7.39. The third-order valence-corrected chi connectivity index (χ3v) is 5.30. The molecule has 0 spiro atoms. The molecule has 0 aromatic heterocycles. The third-order valence-electron chi connectivity index (χ3n) is 5.30. The van der Waals surface area contributed by atoms with Crippen LogP contribution < -0.4 is 4.74 Å². The van der Waals surface area contributed by atoms with E-state index < -0.39 is 6.16 Å². The Kier molecular flexibility index (Phi) is 9.61. The fourth-order valence-electron chi connectivity index (χ4n) is 3.79. The summed E-state index contributed by atoms with van der Waals surface area (Å²) in [6.07, 6.45) is 10.6. The number of ether oxygens (including phenoxy) is 1. The van der Waals surface area contributed by atoms with Crippen molar-refractivity contribution in [2.75, 3.05) is 0 Å². The fourth-order valence-corrected chi connectivity index (χ4v) is 3.79. The van der Waals surface area contributed by atoms with Crippen molar-refractivity contribution in [1.82, 2.24) is 0 Å². The summed E-state index contributed by atoms with van der Waals surface area (Å²) in [4.78, 5) is 11.2. The molecular formula is C25H34O3. The van der Waals surface area contributed by atoms with Crippen molar-refractivity contribution in [3.05, 3.63) is 53.6 Å². The molecule has 2 aromatic rings. The summed E-state index contributed by atoms with van der Waals surface area (Å²) in [5.41, 5.74) is 4.55. The van der Waals surface area contributed by atoms with Crippen molar-refractivity contribution >= 4 is 6.16 Å². The second kappa shape index (κ2) is 12.2. The number of rotatable bonds is 12. The zero-order valence-corrected chi connectivity index (χ0v) is 17.4. The van der Waals surface area contributed by atoms with E-state index in [-0.39, 0.29) is 0 Å². The summed E-state index contributed by atoms with van der Waals surface area (Å²) in [7, 11) is 0. The highest BCUT2D eigenvalue weighted by Crippen LogP contribution is 2.34. The van der Waals surface area contributed by atoms with E-state index in [4.69, 9.17) is 9.84 Å². The highest BCUT2D eigenvalue weighted by atomic mass is 16.7. The highest BCUT2D eigenvalue weighted by molar-refractivity contribution is 5.74. The van der Waals surface area contributed by atoms with Gasteiger partial charge in [0.25, 0.3) is 0 Å². The van der Waals surface area contributed by atoms with Gasteiger partial charge in [0.15, 0.2) is 0 Å². The molecule has 0 saturated carbocycles. The number of benzene rings is 2. The van der Waals surface area contributed by atoms with E-state index in [1.54, 1.807) is 6.07 Å². The lowest BCUT2D eigenvalue weighted by Crippen LogP contribution is -2.06. The number of carboxylic acid groups (broad SMARTS) is 1. The van der Waals surface area contributed by atoms with Crippen LogP contribution >= 0.6 is 0 Å². The first-order valence-corrected chi connectivity index (χ1v) is 10.8. The van der Waals surface area contributed by atoms with Crippen molar-refractivity contribution < 1.29 is 14.6 Å². The Morgan fingerprint density at radius 2 is 1.46 bits per heavy atom. The van der Waals surface area contributed by atoms with Crippen molar-refractivity contribution in [1.29, 1.82) is 0 Å². The van der Waals surface area contributed by atoms with Gasteiger partial charge in [0.2, 0.25) is 0 Å². The summed E-state index contributed by atoms with van der Waals surface area (Å²) in [6.45, 7) is 4.39. The molecular weight excluding hydrogens is 348 g/mol. The average molecular weight is 383 g/mol. The van der Waals surface area contributed by atoms with Gasteiger partial charge in [0.05, 0.1) is 0 Å². The molecule has 0 unspecified atom stereocenters.